The van der Waals surface area contributed by atoms with Gasteiger partial charge in [-0.05, 0) is 23.8 Å². The summed E-state index contributed by atoms with van der Waals surface area (Å²) < 4.78 is 2.66. The Bertz CT molecular complexity index is 955. The quantitative estimate of drug-likeness (QED) is 0.721. The van der Waals surface area contributed by atoms with Crippen molar-refractivity contribution in [1.29, 1.82) is 0 Å². The van der Waals surface area contributed by atoms with E-state index in [0.717, 1.165) is 12.1 Å². The smallest absolute Gasteiger partial charge is 0.331 e. The molecule has 26 heavy (non-hydrogen) atoms. The number of nitrogens with one attached hydrogen (secondary N) is 1. The molecule has 4 rings (SSSR count). The lowest BCUT2D eigenvalue weighted by Gasteiger charge is -2.36. The molecule has 1 unspecified atom stereocenters. The summed E-state index contributed by atoms with van der Waals surface area (Å²) in [7, 11) is 0. The first kappa shape index (κ1) is 18.1. The van der Waals surface area contributed by atoms with E-state index in [0.29, 0.717) is 18.7 Å². The molecule has 136 valence electrons. The summed E-state index contributed by atoms with van der Waals surface area (Å²) in [6.45, 7) is 1.90. The SMILES string of the molecule is Cl.O=C(Cn1nc2ccccn2c1=O)N1CCNCC1c1cccnc1. The highest BCUT2D eigenvalue weighted by Gasteiger charge is 2.28. The number of carbonyl (C=O) groups is 1. The predicted octanol–water partition coefficient (Wildman–Crippen LogP) is 0.486. The summed E-state index contributed by atoms with van der Waals surface area (Å²) in [6.07, 6.45) is 5.13. The van der Waals surface area contributed by atoms with Crippen LogP contribution in [0.1, 0.15) is 11.6 Å². The first-order valence-corrected chi connectivity index (χ1v) is 8.18. The monoisotopic (exact) mass is 374 g/mol. The van der Waals surface area contributed by atoms with Gasteiger partial charge in [-0.25, -0.2) is 9.48 Å². The van der Waals surface area contributed by atoms with Crippen molar-refractivity contribution in [2.45, 2.75) is 12.6 Å². The summed E-state index contributed by atoms with van der Waals surface area (Å²) in [5.74, 6) is -0.124. The summed E-state index contributed by atoms with van der Waals surface area (Å²) in [6, 6.07) is 9.04. The molecule has 1 amide bonds. The highest BCUT2D eigenvalue weighted by atomic mass is 35.5. The van der Waals surface area contributed by atoms with E-state index in [1.54, 1.807) is 35.6 Å². The van der Waals surface area contributed by atoms with E-state index in [1.165, 1.54) is 9.08 Å². The molecule has 0 saturated carbocycles. The number of carbonyl (C=O) groups excluding carboxylic acids is 1. The van der Waals surface area contributed by atoms with Crippen molar-refractivity contribution in [1.82, 2.24) is 29.4 Å². The first-order chi connectivity index (χ1) is 12.2. The minimum absolute atomic E-state index is 0. The molecule has 1 atom stereocenters. The van der Waals surface area contributed by atoms with Crippen LogP contribution in [0.15, 0.2) is 53.7 Å². The van der Waals surface area contributed by atoms with Crippen molar-refractivity contribution in [2.75, 3.05) is 19.6 Å². The van der Waals surface area contributed by atoms with Crippen LogP contribution in [0.5, 0.6) is 0 Å². The van der Waals surface area contributed by atoms with E-state index in [1.807, 2.05) is 18.2 Å². The second-order valence-corrected chi connectivity index (χ2v) is 5.96. The zero-order valence-electron chi connectivity index (χ0n) is 14.0. The van der Waals surface area contributed by atoms with Crippen molar-refractivity contribution in [3.63, 3.8) is 0 Å². The number of nitrogens with zero attached hydrogens (tertiary/aromatic N) is 5. The number of pyridine rings is 2. The molecule has 0 spiro atoms. The van der Waals surface area contributed by atoms with Crippen molar-refractivity contribution >= 4 is 24.0 Å². The van der Waals surface area contributed by atoms with Crippen LogP contribution in [-0.4, -0.2) is 49.6 Å². The predicted molar refractivity (Wildman–Crippen MR) is 98.3 cm³/mol. The van der Waals surface area contributed by atoms with Gasteiger partial charge in [0, 0.05) is 38.2 Å². The molecule has 0 radical (unpaired) electrons. The maximum absolute atomic E-state index is 12.8. The van der Waals surface area contributed by atoms with Crippen molar-refractivity contribution in [2.24, 2.45) is 0 Å². The third kappa shape index (κ3) is 3.33. The molecule has 0 aliphatic carbocycles. The van der Waals surface area contributed by atoms with Crippen molar-refractivity contribution in [3.8, 4) is 0 Å². The van der Waals surface area contributed by atoms with Gasteiger partial charge in [-0.15, -0.1) is 17.5 Å². The average Bonchev–Trinajstić information content (AvgIpc) is 2.98. The minimum Gasteiger partial charge on any atom is -0.331 e. The van der Waals surface area contributed by atoms with E-state index in [4.69, 9.17) is 0 Å². The Morgan fingerprint density at radius 2 is 2.15 bits per heavy atom. The summed E-state index contributed by atoms with van der Waals surface area (Å²) in [5.41, 5.74) is 1.20. The number of fused-ring (bicyclic) bond motifs is 1. The van der Waals surface area contributed by atoms with Gasteiger partial charge in [0.2, 0.25) is 5.91 Å². The number of hydrogen-bond donors (Lipinski definition) is 1. The number of amides is 1. The summed E-state index contributed by atoms with van der Waals surface area (Å²) in [4.78, 5) is 31.2. The molecule has 9 heteroatoms. The Labute approximate surface area is 155 Å². The molecule has 1 aliphatic rings. The average molecular weight is 375 g/mol. The Morgan fingerprint density at radius 1 is 1.27 bits per heavy atom. The fourth-order valence-electron chi connectivity index (χ4n) is 3.16. The van der Waals surface area contributed by atoms with Crippen LogP contribution in [0, 0.1) is 0 Å². The van der Waals surface area contributed by atoms with Crippen LogP contribution in [-0.2, 0) is 11.3 Å². The van der Waals surface area contributed by atoms with Gasteiger partial charge in [-0.1, -0.05) is 12.1 Å². The lowest BCUT2D eigenvalue weighted by Crippen LogP contribution is -2.50. The molecule has 1 saturated heterocycles. The molecule has 4 heterocycles. The Hall–Kier alpha value is -2.71. The Kier molecular flexibility index (Phi) is 5.34. The van der Waals surface area contributed by atoms with Crippen LogP contribution in [0.4, 0.5) is 0 Å². The normalized spacial score (nSPS) is 17.1. The molecule has 1 N–H and O–H groups in total. The number of halogens is 1. The lowest BCUT2D eigenvalue weighted by atomic mass is 10.1. The molecule has 3 aromatic rings. The highest BCUT2D eigenvalue weighted by molar-refractivity contribution is 5.85. The van der Waals surface area contributed by atoms with Crippen LogP contribution in [0.2, 0.25) is 0 Å². The van der Waals surface area contributed by atoms with Crippen LogP contribution in [0.25, 0.3) is 5.65 Å². The Morgan fingerprint density at radius 3 is 2.92 bits per heavy atom. The van der Waals surface area contributed by atoms with E-state index in [9.17, 15) is 9.59 Å². The number of rotatable bonds is 3. The molecule has 0 aromatic carbocycles. The maximum Gasteiger partial charge on any atom is 0.350 e. The Balaban J connectivity index is 0.00000196. The van der Waals surface area contributed by atoms with Gasteiger partial charge in [0.1, 0.15) is 6.54 Å². The zero-order valence-corrected chi connectivity index (χ0v) is 14.8. The summed E-state index contributed by atoms with van der Waals surface area (Å²) >= 11 is 0. The van der Waals surface area contributed by atoms with Crippen LogP contribution >= 0.6 is 12.4 Å². The van der Waals surface area contributed by atoms with Gasteiger partial charge in [-0.2, -0.15) is 0 Å². The first-order valence-electron chi connectivity index (χ1n) is 8.18. The fourth-order valence-corrected chi connectivity index (χ4v) is 3.16. The maximum atomic E-state index is 12.8. The van der Waals surface area contributed by atoms with Gasteiger partial charge in [0.15, 0.2) is 5.65 Å². The molecular weight excluding hydrogens is 356 g/mol. The van der Waals surface area contributed by atoms with Gasteiger partial charge >= 0.3 is 5.69 Å². The molecule has 1 aliphatic heterocycles. The number of hydrogen-bond acceptors (Lipinski definition) is 5. The second-order valence-electron chi connectivity index (χ2n) is 5.96. The third-order valence-electron chi connectivity index (χ3n) is 4.41. The van der Waals surface area contributed by atoms with E-state index >= 15 is 0 Å². The van der Waals surface area contributed by atoms with Crippen molar-refractivity contribution < 1.29 is 4.79 Å². The molecule has 8 nitrogen and oxygen atoms in total. The van der Waals surface area contributed by atoms with E-state index in [2.05, 4.69) is 15.4 Å². The van der Waals surface area contributed by atoms with Crippen LogP contribution in [0.3, 0.4) is 0 Å². The second kappa shape index (κ2) is 7.67. The van der Waals surface area contributed by atoms with Gasteiger partial charge in [-0.3, -0.25) is 14.2 Å². The van der Waals surface area contributed by atoms with Crippen molar-refractivity contribution in [3.05, 3.63) is 65.0 Å². The molecule has 0 bridgehead atoms. The van der Waals surface area contributed by atoms with E-state index < -0.39 is 0 Å². The molecular formula is C17H19ClN6O2. The lowest BCUT2D eigenvalue weighted by molar-refractivity contribution is -0.135. The number of piperazine rings is 1. The number of aromatic nitrogens is 4. The summed E-state index contributed by atoms with van der Waals surface area (Å²) in [5, 5.41) is 7.54. The zero-order chi connectivity index (χ0) is 17.2. The van der Waals surface area contributed by atoms with Gasteiger partial charge in [0.25, 0.3) is 0 Å². The largest absolute Gasteiger partial charge is 0.350 e. The third-order valence-corrected chi connectivity index (χ3v) is 4.41. The fraction of sp³-hybridized carbons (Fsp3) is 0.294. The minimum atomic E-state index is -0.308. The highest BCUT2D eigenvalue weighted by Crippen LogP contribution is 2.21. The van der Waals surface area contributed by atoms with E-state index in [-0.39, 0.29) is 36.6 Å². The van der Waals surface area contributed by atoms with Gasteiger partial charge in [0.05, 0.1) is 6.04 Å². The molecule has 3 aromatic heterocycles. The standard InChI is InChI=1S/C17H18N6O2.ClH/c24-16(12-23-17(25)22-8-2-1-5-15(22)20-23)21-9-7-19-11-14(21)13-4-3-6-18-10-13;/h1-6,8,10,14,19H,7,9,11-12H2;1H. The van der Waals surface area contributed by atoms with Gasteiger partial charge < -0.3 is 10.2 Å². The topological polar surface area (TPSA) is 84.5 Å². The van der Waals surface area contributed by atoms with Crippen LogP contribution < -0.4 is 11.0 Å². The molecule has 1 fully saturated rings.